The van der Waals surface area contributed by atoms with E-state index in [1.807, 2.05) is 0 Å². The van der Waals surface area contributed by atoms with Gasteiger partial charge in [0.2, 0.25) is 0 Å². The zero-order chi connectivity index (χ0) is 6.74. The summed E-state index contributed by atoms with van der Waals surface area (Å²) in [6.45, 7) is 3.61. The monoisotopic (exact) mass is 129 g/mol. The summed E-state index contributed by atoms with van der Waals surface area (Å²) in [5, 5.41) is 3.66. The Kier molecular flexibility index (Phi) is 1.71. The van der Waals surface area contributed by atoms with Gasteiger partial charge in [-0.1, -0.05) is 12.1 Å². The minimum atomic E-state index is 0.135. The molecule has 1 aliphatic heterocycles. The van der Waals surface area contributed by atoms with E-state index < -0.39 is 0 Å². The molecule has 0 bridgehead atoms. The lowest BCUT2D eigenvalue weighted by molar-refractivity contribution is -0.0568. The number of nitrogens with zero attached hydrogens (tertiary/aromatic N) is 1. The van der Waals surface area contributed by atoms with Gasteiger partial charge in [-0.3, -0.25) is 0 Å². The van der Waals surface area contributed by atoms with Crippen molar-refractivity contribution in [2.75, 3.05) is 20.3 Å². The maximum atomic E-state index is 4.99. The molecule has 1 saturated heterocycles. The summed E-state index contributed by atoms with van der Waals surface area (Å²) < 4.78 is 4.99. The molecule has 0 amide bonds. The van der Waals surface area contributed by atoms with Crippen molar-refractivity contribution >= 4 is 6.21 Å². The normalized spacial score (nSPS) is 23.8. The van der Waals surface area contributed by atoms with Gasteiger partial charge in [0, 0.05) is 0 Å². The van der Waals surface area contributed by atoms with E-state index >= 15 is 0 Å². The second kappa shape index (κ2) is 2.35. The Hall–Kier alpha value is -0.570. The molecule has 0 atom stereocenters. The van der Waals surface area contributed by atoms with E-state index in [1.54, 1.807) is 13.3 Å². The van der Waals surface area contributed by atoms with Crippen LogP contribution >= 0.6 is 0 Å². The highest BCUT2D eigenvalue weighted by molar-refractivity contribution is 5.65. The minimum absolute atomic E-state index is 0.135. The maximum absolute atomic E-state index is 4.99. The number of rotatable bonds is 2. The summed E-state index contributed by atoms with van der Waals surface area (Å²) in [5.74, 6) is 0. The van der Waals surface area contributed by atoms with Crippen LogP contribution < -0.4 is 0 Å². The Bertz CT molecular complexity index is 118. The molecule has 0 aromatic carbocycles. The molecule has 0 N–H and O–H groups in total. The molecule has 0 unspecified atom stereocenters. The highest BCUT2D eigenvalue weighted by atomic mass is 16.6. The van der Waals surface area contributed by atoms with Gasteiger partial charge in [0.15, 0.2) is 0 Å². The quantitative estimate of drug-likeness (QED) is 0.405. The largest absolute Gasteiger partial charge is 0.399 e. The Morgan fingerprint density at radius 3 is 2.67 bits per heavy atom. The molecule has 3 nitrogen and oxygen atoms in total. The molecule has 0 aromatic heterocycles. The average Bonchev–Trinajstić information content (AvgIpc) is 1.79. The van der Waals surface area contributed by atoms with E-state index in [0.29, 0.717) is 0 Å². The standard InChI is InChI=1S/C6H11NO2/c1-6(3-7-8-2)4-9-5-6/h3H,4-5H2,1-2H3/b7-3+. The van der Waals surface area contributed by atoms with Crippen LogP contribution in [0, 0.1) is 5.41 Å². The first-order chi connectivity index (χ1) is 4.27. The van der Waals surface area contributed by atoms with Gasteiger partial charge < -0.3 is 9.57 Å². The van der Waals surface area contributed by atoms with Crippen molar-refractivity contribution in [1.29, 1.82) is 0 Å². The predicted molar refractivity (Wildman–Crippen MR) is 34.4 cm³/mol. The molecule has 0 aromatic rings. The number of oxime groups is 1. The van der Waals surface area contributed by atoms with E-state index in [2.05, 4.69) is 16.9 Å². The van der Waals surface area contributed by atoms with Crippen LogP contribution in [0.15, 0.2) is 5.16 Å². The van der Waals surface area contributed by atoms with Crippen LogP contribution in [0.4, 0.5) is 0 Å². The topological polar surface area (TPSA) is 30.8 Å². The first-order valence-corrected chi connectivity index (χ1v) is 2.92. The summed E-state index contributed by atoms with van der Waals surface area (Å²) in [5.41, 5.74) is 0.135. The number of hydrogen-bond acceptors (Lipinski definition) is 3. The lowest BCUT2D eigenvalue weighted by atomic mass is 9.91. The maximum Gasteiger partial charge on any atom is 0.106 e. The van der Waals surface area contributed by atoms with Gasteiger partial charge in [0.05, 0.1) is 24.8 Å². The zero-order valence-electron chi connectivity index (χ0n) is 5.76. The van der Waals surface area contributed by atoms with Gasteiger partial charge in [-0.15, -0.1) is 0 Å². The van der Waals surface area contributed by atoms with Gasteiger partial charge >= 0.3 is 0 Å². The molecular formula is C6H11NO2. The van der Waals surface area contributed by atoms with E-state index in [-0.39, 0.29) is 5.41 Å². The van der Waals surface area contributed by atoms with Crippen molar-refractivity contribution < 1.29 is 9.57 Å². The minimum Gasteiger partial charge on any atom is -0.399 e. The average molecular weight is 129 g/mol. The van der Waals surface area contributed by atoms with Crippen LogP contribution in [0.2, 0.25) is 0 Å². The molecule has 1 aliphatic rings. The fourth-order valence-electron chi connectivity index (χ4n) is 0.679. The fourth-order valence-corrected chi connectivity index (χ4v) is 0.679. The van der Waals surface area contributed by atoms with Gasteiger partial charge in [-0.25, -0.2) is 0 Å². The van der Waals surface area contributed by atoms with Crippen molar-refractivity contribution in [3.63, 3.8) is 0 Å². The molecule has 0 aliphatic carbocycles. The number of hydrogen-bond donors (Lipinski definition) is 0. The second-order valence-electron chi connectivity index (χ2n) is 2.56. The molecule has 1 heterocycles. The van der Waals surface area contributed by atoms with Crippen LogP contribution in [0.3, 0.4) is 0 Å². The van der Waals surface area contributed by atoms with Gasteiger partial charge in [-0.2, -0.15) is 0 Å². The molecule has 0 spiro atoms. The van der Waals surface area contributed by atoms with Crippen LogP contribution in [-0.4, -0.2) is 26.5 Å². The molecule has 1 rings (SSSR count). The van der Waals surface area contributed by atoms with Crippen molar-refractivity contribution in [2.45, 2.75) is 6.92 Å². The molecule has 1 fully saturated rings. The fraction of sp³-hybridized carbons (Fsp3) is 0.833. The lowest BCUT2D eigenvalue weighted by Crippen LogP contribution is -2.41. The van der Waals surface area contributed by atoms with Crippen molar-refractivity contribution in [2.24, 2.45) is 10.6 Å². The number of ether oxygens (including phenoxy) is 1. The first-order valence-electron chi connectivity index (χ1n) is 2.92. The van der Waals surface area contributed by atoms with Crippen molar-refractivity contribution in [3.05, 3.63) is 0 Å². The summed E-state index contributed by atoms with van der Waals surface area (Å²) in [6, 6.07) is 0. The van der Waals surface area contributed by atoms with Gasteiger partial charge in [-0.05, 0) is 0 Å². The molecule has 3 heteroatoms. The van der Waals surface area contributed by atoms with E-state index in [9.17, 15) is 0 Å². The Labute approximate surface area is 54.6 Å². The molecule has 52 valence electrons. The van der Waals surface area contributed by atoms with Crippen LogP contribution in [0.5, 0.6) is 0 Å². The SMILES string of the molecule is CO/N=C/C1(C)COC1. The van der Waals surface area contributed by atoms with E-state index in [4.69, 9.17) is 4.74 Å². The van der Waals surface area contributed by atoms with Crippen LogP contribution in [0.25, 0.3) is 0 Å². The highest BCUT2D eigenvalue weighted by Crippen LogP contribution is 2.23. The molecule has 0 saturated carbocycles. The van der Waals surface area contributed by atoms with E-state index in [0.717, 1.165) is 13.2 Å². The molecule has 9 heavy (non-hydrogen) atoms. The van der Waals surface area contributed by atoms with Crippen molar-refractivity contribution in [3.8, 4) is 0 Å². The lowest BCUT2D eigenvalue weighted by Gasteiger charge is -2.33. The third-order valence-corrected chi connectivity index (χ3v) is 1.33. The first kappa shape index (κ1) is 6.55. The third-order valence-electron chi connectivity index (χ3n) is 1.33. The second-order valence-corrected chi connectivity index (χ2v) is 2.56. The Balaban J connectivity index is 2.32. The summed E-state index contributed by atoms with van der Waals surface area (Å²) in [6.07, 6.45) is 1.79. The molecule has 0 radical (unpaired) electrons. The van der Waals surface area contributed by atoms with Gasteiger partial charge in [0.1, 0.15) is 7.11 Å². The Morgan fingerprint density at radius 2 is 2.33 bits per heavy atom. The van der Waals surface area contributed by atoms with Crippen LogP contribution in [-0.2, 0) is 9.57 Å². The Morgan fingerprint density at radius 1 is 1.67 bits per heavy atom. The highest BCUT2D eigenvalue weighted by Gasteiger charge is 2.31. The molecular weight excluding hydrogens is 118 g/mol. The predicted octanol–water partition coefficient (Wildman–Crippen LogP) is 0.655. The smallest absolute Gasteiger partial charge is 0.106 e. The summed E-state index contributed by atoms with van der Waals surface area (Å²) in [4.78, 5) is 4.53. The third kappa shape index (κ3) is 1.42. The zero-order valence-corrected chi connectivity index (χ0v) is 5.76. The summed E-state index contributed by atoms with van der Waals surface area (Å²) >= 11 is 0. The van der Waals surface area contributed by atoms with E-state index in [1.165, 1.54) is 0 Å². The van der Waals surface area contributed by atoms with Crippen molar-refractivity contribution in [1.82, 2.24) is 0 Å². The van der Waals surface area contributed by atoms with Gasteiger partial charge in [0.25, 0.3) is 0 Å². The van der Waals surface area contributed by atoms with Crippen LogP contribution in [0.1, 0.15) is 6.92 Å². The summed E-state index contributed by atoms with van der Waals surface area (Å²) in [7, 11) is 1.54.